The number of aromatic nitrogens is 1. The molecule has 1 fully saturated rings. The van der Waals surface area contributed by atoms with Crippen molar-refractivity contribution in [1.82, 2.24) is 10.3 Å². The van der Waals surface area contributed by atoms with E-state index >= 15 is 0 Å². The van der Waals surface area contributed by atoms with Crippen LogP contribution in [0.15, 0.2) is 103 Å². The van der Waals surface area contributed by atoms with Gasteiger partial charge in [0.05, 0.1) is 54.4 Å². The van der Waals surface area contributed by atoms with Gasteiger partial charge in [-0.05, 0) is 84.3 Å². The van der Waals surface area contributed by atoms with E-state index in [1.807, 2.05) is 0 Å². The molecule has 59 heavy (non-hydrogen) atoms. The first-order valence-electron chi connectivity index (χ1n) is 18.1. The molecule has 1 saturated heterocycles. The second kappa shape index (κ2) is 18.9. The molecule has 7 N–H and O–H groups in total. The van der Waals surface area contributed by atoms with Crippen LogP contribution in [0.1, 0.15) is 45.5 Å². The molecule has 17 heteroatoms. The van der Waals surface area contributed by atoms with Crippen molar-refractivity contribution in [2.75, 3.05) is 43.8 Å². The van der Waals surface area contributed by atoms with Gasteiger partial charge in [0, 0.05) is 55.4 Å². The summed E-state index contributed by atoms with van der Waals surface area (Å²) in [6, 6.07) is 22.5. The molecule has 312 valence electrons. The van der Waals surface area contributed by atoms with Gasteiger partial charge in [0.1, 0.15) is 11.5 Å². The first-order chi connectivity index (χ1) is 28.0. The summed E-state index contributed by atoms with van der Waals surface area (Å²) in [5, 5.41) is 8.41. The van der Waals surface area contributed by atoms with Gasteiger partial charge in [-0.3, -0.25) is 14.6 Å². The van der Waals surface area contributed by atoms with Gasteiger partial charge in [-0.2, -0.15) is 26.3 Å². The number of nitrogens with zero attached hydrogens (tertiary/aromatic N) is 1. The van der Waals surface area contributed by atoms with E-state index in [9.17, 15) is 35.9 Å². The number of nitrogen functional groups attached to an aromatic ring is 1. The van der Waals surface area contributed by atoms with Crippen LogP contribution >= 0.6 is 0 Å². The van der Waals surface area contributed by atoms with Gasteiger partial charge in [-0.1, -0.05) is 24.3 Å². The van der Waals surface area contributed by atoms with Crippen molar-refractivity contribution in [3.63, 3.8) is 0 Å². The Kier molecular flexibility index (Phi) is 14.1. The molecule has 1 aliphatic rings. The molecular formula is C42H42F6N6O5. The second-order valence-electron chi connectivity index (χ2n) is 13.5. The summed E-state index contributed by atoms with van der Waals surface area (Å²) in [4.78, 5) is 29.9. The number of alkyl halides is 6. The molecule has 1 aromatic heterocycles. The van der Waals surface area contributed by atoms with Crippen molar-refractivity contribution in [3.8, 4) is 11.5 Å². The van der Waals surface area contributed by atoms with Gasteiger partial charge in [0.15, 0.2) is 5.78 Å². The predicted octanol–water partition coefficient (Wildman–Crippen LogP) is 8.65. The fourth-order valence-corrected chi connectivity index (χ4v) is 6.12. The number of methoxy groups -OCH3 is 2. The van der Waals surface area contributed by atoms with E-state index in [2.05, 4.69) is 20.9 Å². The number of hydrogen-bond acceptors (Lipinski definition) is 10. The van der Waals surface area contributed by atoms with E-state index in [1.54, 1.807) is 48.5 Å². The molecule has 11 nitrogen and oxygen atoms in total. The van der Waals surface area contributed by atoms with E-state index in [0.29, 0.717) is 42.2 Å². The fourth-order valence-electron chi connectivity index (χ4n) is 6.12. The van der Waals surface area contributed by atoms with Crippen molar-refractivity contribution >= 4 is 40.1 Å². The quantitative estimate of drug-likeness (QED) is 0.0574. The topological polar surface area (TPSA) is 163 Å². The van der Waals surface area contributed by atoms with Crippen LogP contribution in [0.3, 0.4) is 0 Å². The number of ketones is 1. The zero-order chi connectivity index (χ0) is 42.8. The van der Waals surface area contributed by atoms with Crippen LogP contribution in [0.25, 0.3) is 0 Å². The number of Topliss-reactive ketones (excluding diaryl/α,β-unsaturated/α-hetero) is 1. The molecule has 0 spiro atoms. The standard InChI is InChI=1S/C27H27F3N4O4.C15H15F3N2O/c1-37-21-6-7-23(22(11-21)27(28,29)30)34-20-4-2-17(3-5-20)13-33-25(36)26(8-9-38-16-26)12-24(35)18-10-19(31)15-32-14-18;1-21-12-6-7-14(13(8-12)15(16,17)18)20-11-4-2-10(9-19)3-5-11/h2-7,10-11,14-15,34H,8-9,12-13,16,31H2,1H3,(H,33,36);2-8,20H,9,19H2,1H3/t26-;/m0./s1. The number of pyridine rings is 1. The highest BCUT2D eigenvalue weighted by molar-refractivity contribution is 6.00. The highest BCUT2D eigenvalue weighted by Crippen LogP contribution is 2.40. The molecule has 2 heterocycles. The lowest BCUT2D eigenvalue weighted by Gasteiger charge is -2.25. The number of rotatable bonds is 13. The lowest BCUT2D eigenvalue weighted by atomic mass is 9.80. The first kappa shape index (κ1) is 43.8. The Balaban J connectivity index is 0.000000266. The number of hydrogen-bond donors (Lipinski definition) is 5. The molecular weight excluding hydrogens is 782 g/mol. The third-order valence-corrected chi connectivity index (χ3v) is 9.38. The molecule has 6 rings (SSSR count). The molecule has 1 atom stereocenters. The average molecular weight is 825 g/mol. The minimum absolute atomic E-state index is 0.0243. The Morgan fingerprint density at radius 2 is 1.29 bits per heavy atom. The number of nitrogens with one attached hydrogen (secondary N) is 3. The number of halogens is 6. The summed E-state index contributed by atoms with van der Waals surface area (Å²) < 4.78 is 94.9. The summed E-state index contributed by atoms with van der Waals surface area (Å²) >= 11 is 0. The zero-order valence-corrected chi connectivity index (χ0v) is 32.0. The van der Waals surface area contributed by atoms with Crippen LogP contribution in [0.5, 0.6) is 11.5 Å². The van der Waals surface area contributed by atoms with Crippen LogP contribution in [-0.2, 0) is 35.0 Å². The monoisotopic (exact) mass is 824 g/mol. The van der Waals surface area contributed by atoms with Crippen molar-refractivity contribution in [1.29, 1.82) is 0 Å². The SMILES string of the molecule is COc1ccc(Nc2ccc(CN)cc2)c(C(F)(F)F)c1.COc1ccc(Nc2ccc(CNC(=O)[C@]3(CC(=O)c4cncc(N)c4)CCOC3)cc2)c(C(F)(F)F)c1. The van der Waals surface area contributed by atoms with Gasteiger partial charge >= 0.3 is 12.4 Å². The van der Waals surface area contributed by atoms with Gasteiger partial charge in [-0.25, -0.2) is 0 Å². The highest BCUT2D eigenvalue weighted by Gasteiger charge is 2.44. The third-order valence-electron chi connectivity index (χ3n) is 9.38. The van der Waals surface area contributed by atoms with Gasteiger partial charge in [0.2, 0.25) is 5.91 Å². The van der Waals surface area contributed by atoms with Gasteiger partial charge in [-0.15, -0.1) is 0 Å². The molecule has 5 aromatic rings. The summed E-state index contributed by atoms with van der Waals surface area (Å²) in [5.74, 6) is -0.301. The Morgan fingerprint density at radius 1 is 0.763 bits per heavy atom. The van der Waals surface area contributed by atoms with Crippen LogP contribution in [0.4, 0.5) is 54.8 Å². The maximum absolute atomic E-state index is 13.5. The van der Waals surface area contributed by atoms with Crippen molar-refractivity contribution in [2.24, 2.45) is 11.1 Å². The first-order valence-corrected chi connectivity index (χ1v) is 18.1. The number of amides is 1. The third kappa shape index (κ3) is 11.6. The van der Waals surface area contributed by atoms with Crippen molar-refractivity contribution in [2.45, 2.75) is 38.3 Å². The maximum atomic E-state index is 13.5. The van der Waals surface area contributed by atoms with Crippen molar-refractivity contribution < 1.29 is 50.1 Å². The predicted molar refractivity (Wildman–Crippen MR) is 211 cm³/mol. The minimum atomic E-state index is -4.56. The Bertz CT molecular complexity index is 2210. The number of benzene rings is 4. The lowest BCUT2D eigenvalue weighted by Crippen LogP contribution is -2.42. The van der Waals surface area contributed by atoms with E-state index in [4.69, 9.17) is 25.7 Å². The van der Waals surface area contributed by atoms with E-state index in [1.165, 1.54) is 56.9 Å². The Labute approximate surface area is 336 Å². The molecule has 0 bridgehead atoms. The van der Waals surface area contributed by atoms with Crippen LogP contribution in [-0.4, -0.2) is 44.1 Å². The summed E-state index contributed by atoms with van der Waals surface area (Å²) in [6.07, 6.45) is -5.83. The van der Waals surface area contributed by atoms with Crippen LogP contribution in [0.2, 0.25) is 0 Å². The maximum Gasteiger partial charge on any atom is 0.418 e. The molecule has 0 radical (unpaired) electrons. The van der Waals surface area contributed by atoms with E-state index < -0.39 is 28.9 Å². The smallest absolute Gasteiger partial charge is 0.418 e. The normalized spacial score (nSPS) is 15.1. The molecule has 0 saturated carbocycles. The lowest BCUT2D eigenvalue weighted by molar-refractivity contribution is -0.137. The van der Waals surface area contributed by atoms with E-state index in [0.717, 1.165) is 23.3 Å². The van der Waals surface area contributed by atoms with Gasteiger partial charge in [0.25, 0.3) is 0 Å². The average Bonchev–Trinajstić information content (AvgIpc) is 3.70. The molecule has 4 aromatic carbocycles. The fraction of sp³-hybridized carbons (Fsp3) is 0.262. The number of ether oxygens (including phenoxy) is 3. The summed E-state index contributed by atoms with van der Waals surface area (Å²) in [6.45, 7) is 1.04. The highest BCUT2D eigenvalue weighted by atomic mass is 19.4. The molecule has 0 aliphatic carbocycles. The van der Waals surface area contributed by atoms with Crippen LogP contribution < -0.4 is 36.9 Å². The minimum Gasteiger partial charge on any atom is -0.497 e. The molecule has 1 aliphatic heterocycles. The summed E-state index contributed by atoms with van der Waals surface area (Å²) in [7, 11) is 2.63. The number of carbonyl (C=O) groups excluding carboxylic acids is 2. The van der Waals surface area contributed by atoms with E-state index in [-0.39, 0.29) is 54.1 Å². The number of nitrogens with two attached hydrogens (primary N) is 2. The van der Waals surface area contributed by atoms with Crippen molar-refractivity contribution in [3.05, 3.63) is 131 Å². The largest absolute Gasteiger partial charge is 0.497 e. The number of anilines is 5. The molecule has 0 unspecified atom stereocenters. The van der Waals surface area contributed by atoms with Gasteiger partial charge < -0.3 is 41.6 Å². The Morgan fingerprint density at radius 3 is 1.73 bits per heavy atom. The molecule has 1 amide bonds. The summed E-state index contributed by atoms with van der Waals surface area (Å²) in [5.41, 5.74) is 11.8. The van der Waals surface area contributed by atoms with Crippen LogP contribution in [0, 0.1) is 5.41 Å². The number of carbonyl (C=O) groups is 2. The Hall–Kier alpha value is -6.33. The zero-order valence-electron chi connectivity index (χ0n) is 32.0. The second-order valence-corrected chi connectivity index (χ2v) is 13.5.